The monoisotopic (exact) mass is 390 g/mol. The van der Waals surface area contributed by atoms with Crippen LogP contribution in [-0.4, -0.2) is 32.2 Å². The molecule has 0 fully saturated rings. The maximum absolute atomic E-state index is 12.7. The maximum Gasteiger partial charge on any atom is 0.483 e. The zero-order valence-electron chi connectivity index (χ0n) is 13.8. The molecule has 1 heterocycles. The van der Waals surface area contributed by atoms with Crippen LogP contribution >= 0.6 is 0 Å². The molecule has 2 rings (SSSR count). The van der Waals surface area contributed by atoms with E-state index in [9.17, 15) is 21.6 Å². The van der Waals surface area contributed by atoms with Crippen LogP contribution in [0.25, 0.3) is 4.72 Å². The molecule has 8 nitrogen and oxygen atoms in total. The average molecular weight is 390 g/mol. The van der Waals surface area contributed by atoms with Crippen LogP contribution in [-0.2, 0) is 10.0 Å². The molecule has 0 aliphatic carbocycles. The summed E-state index contributed by atoms with van der Waals surface area (Å²) in [6.45, 7) is 4.85. The highest BCUT2D eigenvalue weighted by molar-refractivity contribution is 7.95. The Hall–Kier alpha value is -2.63. The molecule has 0 atom stereocenters. The molecule has 0 spiro atoms. The van der Waals surface area contributed by atoms with Crippen LogP contribution in [0.3, 0.4) is 0 Å². The number of aromatic nitrogens is 1. The van der Waals surface area contributed by atoms with E-state index in [-0.39, 0.29) is 11.5 Å². The summed E-state index contributed by atoms with van der Waals surface area (Å²) < 4.78 is 68.3. The molecule has 0 unspecified atom stereocenters. The van der Waals surface area contributed by atoms with Gasteiger partial charge in [0, 0.05) is 24.8 Å². The summed E-state index contributed by atoms with van der Waals surface area (Å²) in [5.74, 6) is 0.0717. The molecule has 0 saturated carbocycles. The predicted octanol–water partition coefficient (Wildman–Crippen LogP) is 4.79. The molecule has 0 amide bonds. The highest BCUT2D eigenvalue weighted by atomic mass is 32.2. The van der Waals surface area contributed by atoms with Gasteiger partial charge in [0.25, 0.3) is 0 Å². The molecule has 0 aliphatic rings. The number of rotatable bonds is 7. The summed E-state index contributed by atoms with van der Waals surface area (Å²) in [5, 5.41) is 10.9. The fourth-order valence-electron chi connectivity index (χ4n) is 2.00. The minimum Gasteiger partial charge on any atom is -0.568 e. The van der Waals surface area contributed by atoms with Crippen LogP contribution in [0.4, 0.5) is 36.1 Å². The van der Waals surface area contributed by atoms with E-state index in [1.165, 1.54) is 24.5 Å². The fraction of sp³-hybridized carbons (Fsp3) is 0.357. The lowest BCUT2D eigenvalue weighted by molar-refractivity contribution is -0.0425. The summed E-state index contributed by atoms with van der Waals surface area (Å²) >= 11 is 0. The number of alkyl halides is 3. The Bertz CT molecular complexity index is 862. The van der Waals surface area contributed by atoms with Crippen molar-refractivity contribution in [1.82, 2.24) is 5.16 Å². The highest BCUT2D eigenvalue weighted by Gasteiger charge is 2.39. The maximum atomic E-state index is 12.7. The van der Waals surface area contributed by atoms with Crippen LogP contribution in [0.5, 0.6) is 0 Å². The Morgan fingerprint density at radius 1 is 1.19 bits per heavy atom. The number of halogens is 3. The number of sulfonamides is 1. The second-order valence-electron chi connectivity index (χ2n) is 4.92. The van der Waals surface area contributed by atoms with Crippen LogP contribution in [0.2, 0.25) is 0 Å². The summed E-state index contributed by atoms with van der Waals surface area (Å²) in [6.07, 6.45) is 1.23. The van der Waals surface area contributed by atoms with Crippen molar-refractivity contribution in [3.63, 3.8) is 0 Å². The lowest BCUT2D eigenvalue weighted by Crippen LogP contribution is -2.22. The van der Waals surface area contributed by atoms with E-state index in [0.717, 1.165) is 0 Å². The first-order valence-electron chi connectivity index (χ1n) is 7.43. The van der Waals surface area contributed by atoms with Crippen molar-refractivity contribution >= 4 is 32.9 Å². The normalized spacial score (nSPS) is 12.5. The molecule has 0 N–H and O–H groups in total. The van der Waals surface area contributed by atoms with Gasteiger partial charge < -0.3 is 14.1 Å². The van der Waals surface area contributed by atoms with Gasteiger partial charge in [-0.05, 0) is 26.0 Å². The van der Waals surface area contributed by atoms with E-state index in [1.54, 1.807) is 6.07 Å². The van der Waals surface area contributed by atoms with E-state index in [4.69, 9.17) is 0 Å². The third kappa shape index (κ3) is 4.50. The van der Waals surface area contributed by atoms with Gasteiger partial charge in [0.1, 0.15) is 6.26 Å². The van der Waals surface area contributed by atoms with Gasteiger partial charge in [-0.25, -0.2) is 8.42 Å². The van der Waals surface area contributed by atoms with Crippen molar-refractivity contribution in [3.05, 3.63) is 35.3 Å². The Morgan fingerprint density at radius 3 is 2.42 bits per heavy atom. The van der Waals surface area contributed by atoms with E-state index in [2.05, 4.69) is 24.6 Å². The van der Waals surface area contributed by atoms with Crippen molar-refractivity contribution in [2.45, 2.75) is 19.4 Å². The van der Waals surface area contributed by atoms with Crippen molar-refractivity contribution in [1.29, 1.82) is 0 Å². The molecule has 0 radical (unpaired) electrons. The molecule has 1 aromatic carbocycles. The Morgan fingerprint density at radius 2 is 1.88 bits per heavy atom. The smallest absolute Gasteiger partial charge is 0.483 e. The second kappa shape index (κ2) is 7.72. The molecule has 1 aromatic heterocycles. The molecule has 12 heteroatoms. The zero-order chi connectivity index (χ0) is 19.4. The van der Waals surface area contributed by atoms with Crippen LogP contribution < -0.4 is 4.90 Å². The first kappa shape index (κ1) is 19.7. The van der Waals surface area contributed by atoms with Gasteiger partial charge in [0.2, 0.25) is 5.82 Å². The Balaban J connectivity index is 2.46. The van der Waals surface area contributed by atoms with Gasteiger partial charge in [-0.2, -0.15) is 18.3 Å². The van der Waals surface area contributed by atoms with E-state index in [1.807, 2.05) is 18.7 Å². The van der Waals surface area contributed by atoms with Gasteiger partial charge in [0.15, 0.2) is 10.0 Å². The van der Waals surface area contributed by atoms with Gasteiger partial charge in [0.05, 0.1) is 5.69 Å². The Kier molecular flexibility index (Phi) is 5.85. The number of benzene rings is 1. The van der Waals surface area contributed by atoms with E-state index >= 15 is 0 Å². The number of hydrogen-bond donors (Lipinski definition) is 0. The molecular weight excluding hydrogens is 375 g/mol. The van der Waals surface area contributed by atoms with Gasteiger partial charge in [-0.1, -0.05) is 16.9 Å². The van der Waals surface area contributed by atoms with Gasteiger partial charge in [-0.3, -0.25) is 0 Å². The quantitative estimate of drug-likeness (QED) is 0.632. The molecule has 0 bridgehead atoms. The second-order valence-corrected chi connectivity index (χ2v) is 6.51. The van der Waals surface area contributed by atoms with E-state index < -0.39 is 21.2 Å². The van der Waals surface area contributed by atoms with Crippen LogP contribution in [0, 0.1) is 0 Å². The van der Waals surface area contributed by atoms with Crippen molar-refractivity contribution in [3.8, 4) is 0 Å². The molecule has 0 aliphatic heterocycles. The summed E-state index contributed by atoms with van der Waals surface area (Å²) in [4.78, 5) is 1.82. The number of azo groups is 1. The summed E-state index contributed by atoms with van der Waals surface area (Å²) in [6, 6.07) is 5.51. The number of nitrogens with zero attached hydrogens (tertiary/aromatic N) is 5. The zero-order valence-corrected chi connectivity index (χ0v) is 14.6. The van der Waals surface area contributed by atoms with E-state index in [0.29, 0.717) is 18.8 Å². The van der Waals surface area contributed by atoms with Crippen LogP contribution in [0.1, 0.15) is 13.8 Å². The first-order chi connectivity index (χ1) is 12.2. The van der Waals surface area contributed by atoms with Crippen molar-refractivity contribution in [2.75, 3.05) is 18.0 Å². The van der Waals surface area contributed by atoms with Gasteiger partial charge in [-0.15, -0.1) is 5.11 Å². The SMILES string of the molecule is CCN(CC)c1ccc(N=Nc2ccon2)c([N-]S(=O)(=O)C(F)(F)F)c1. The molecule has 2 aromatic rings. The minimum atomic E-state index is -5.73. The molecular formula is C14H15F3N5O3S-. The van der Waals surface area contributed by atoms with Crippen LogP contribution in [0.15, 0.2) is 45.3 Å². The Labute approximate surface area is 147 Å². The van der Waals surface area contributed by atoms with Crippen molar-refractivity contribution in [2.24, 2.45) is 10.2 Å². The van der Waals surface area contributed by atoms with Crippen molar-refractivity contribution < 1.29 is 26.1 Å². The minimum absolute atomic E-state index is 0.0717. The highest BCUT2D eigenvalue weighted by Crippen LogP contribution is 2.42. The lowest BCUT2D eigenvalue weighted by Gasteiger charge is -2.28. The average Bonchev–Trinajstić information content (AvgIpc) is 3.07. The summed E-state index contributed by atoms with van der Waals surface area (Å²) in [7, 11) is -5.73. The standard InChI is InChI=1S/C14H15F3N5O3S/c1-3-22(4-2)10-5-6-11(18-19-13-7-8-25-20-13)12(9-10)21-26(23,24)14(15,16)17/h5-9H,3-4H2,1-2H3/q-1. The number of anilines is 1. The first-order valence-corrected chi connectivity index (χ1v) is 8.87. The topological polar surface area (TPSA) is 102 Å². The molecule has 0 saturated heterocycles. The largest absolute Gasteiger partial charge is 0.568 e. The lowest BCUT2D eigenvalue weighted by atomic mass is 10.2. The fourth-order valence-corrected chi connectivity index (χ4v) is 2.51. The summed E-state index contributed by atoms with van der Waals surface area (Å²) in [5.41, 5.74) is -5.64. The third-order valence-electron chi connectivity index (χ3n) is 3.28. The predicted molar refractivity (Wildman–Crippen MR) is 88.7 cm³/mol. The molecule has 142 valence electrons. The number of hydrogen-bond acceptors (Lipinski definition) is 7. The molecule has 26 heavy (non-hydrogen) atoms. The van der Waals surface area contributed by atoms with Gasteiger partial charge >= 0.3 is 5.51 Å². The third-order valence-corrected chi connectivity index (χ3v) is 4.31.